The van der Waals surface area contributed by atoms with E-state index >= 15 is 0 Å². The van der Waals surface area contributed by atoms with Crippen LogP contribution in [0.3, 0.4) is 0 Å². The van der Waals surface area contributed by atoms with Crippen molar-refractivity contribution in [1.29, 1.82) is 0 Å². The van der Waals surface area contributed by atoms with Crippen LogP contribution in [-0.4, -0.2) is 5.91 Å². The van der Waals surface area contributed by atoms with Crippen LogP contribution in [0.5, 0.6) is 0 Å². The van der Waals surface area contributed by atoms with E-state index in [1.807, 2.05) is 49.4 Å². The van der Waals surface area contributed by atoms with Gasteiger partial charge < -0.3 is 5.32 Å². The van der Waals surface area contributed by atoms with Gasteiger partial charge in [0.15, 0.2) is 0 Å². The molecule has 0 atom stereocenters. The molecule has 3 heteroatoms. The number of carbonyl (C=O) groups is 1. The molecule has 0 heterocycles. The summed E-state index contributed by atoms with van der Waals surface area (Å²) in [5.74, 6) is 0.0452. The number of rotatable bonds is 4. The minimum atomic E-state index is 0.0452. The van der Waals surface area contributed by atoms with Gasteiger partial charge in [-0.05, 0) is 30.2 Å². The van der Waals surface area contributed by atoms with E-state index in [1.54, 1.807) is 0 Å². The zero-order valence-electron chi connectivity index (χ0n) is 10.8. The standard InChI is InChI=1S/C16H16BrNO/c1-12-3-2-4-14(9-12)11-18-16(19)10-13-5-7-15(17)8-6-13/h2-9H,10-11H2,1H3,(H,18,19). The number of carbonyl (C=O) groups excluding carboxylic acids is 1. The topological polar surface area (TPSA) is 29.1 Å². The second-order valence-electron chi connectivity index (χ2n) is 4.57. The Hall–Kier alpha value is -1.61. The van der Waals surface area contributed by atoms with Crippen LogP contribution in [0.1, 0.15) is 16.7 Å². The second-order valence-corrected chi connectivity index (χ2v) is 5.48. The van der Waals surface area contributed by atoms with E-state index in [2.05, 4.69) is 27.3 Å². The fourth-order valence-electron chi connectivity index (χ4n) is 1.87. The van der Waals surface area contributed by atoms with Crippen molar-refractivity contribution in [3.05, 3.63) is 69.7 Å². The highest BCUT2D eigenvalue weighted by molar-refractivity contribution is 9.10. The lowest BCUT2D eigenvalue weighted by molar-refractivity contribution is -0.120. The van der Waals surface area contributed by atoms with E-state index in [9.17, 15) is 4.79 Å². The minimum absolute atomic E-state index is 0.0452. The summed E-state index contributed by atoms with van der Waals surface area (Å²) in [4.78, 5) is 11.8. The first-order valence-corrected chi connectivity index (χ1v) is 6.99. The van der Waals surface area contributed by atoms with Crippen molar-refractivity contribution in [3.8, 4) is 0 Å². The van der Waals surface area contributed by atoms with E-state index in [0.717, 1.165) is 15.6 Å². The second kappa shape index (κ2) is 6.53. The summed E-state index contributed by atoms with van der Waals surface area (Å²) in [5.41, 5.74) is 3.36. The summed E-state index contributed by atoms with van der Waals surface area (Å²) in [6.45, 7) is 2.63. The van der Waals surface area contributed by atoms with Crippen molar-refractivity contribution >= 4 is 21.8 Å². The number of amides is 1. The number of hydrogen-bond donors (Lipinski definition) is 1. The van der Waals surface area contributed by atoms with Crippen LogP contribution < -0.4 is 5.32 Å². The van der Waals surface area contributed by atoms with Gasteiger partial charge in [-0.15, -0.1) is 0 Å². The molecule has 2 aromatic carbocycles. The molecule has 0 aromatic heterocycles. The van der Waals surface area contributed by atoms with E-state index in [0.29, 0.717) is 13.0 Å². The van der Waals surface area contributed by atoms with Gasteiger partial charge in [0.25, 0.3) is 0 Å². The van der Waals surface area contributed by atoms with Crippen LogP contribution in [0.25, 0.3) is 0 Å². The van der Waals surface area contributed by atoms with Crippen LogP contribution in [-0.2, 0) is 17.8 Å². The van der Waals surface area contributed by atoms with E-state index < -0.39 is 0 Å². The minimum Gasteiger partial charge on any atom is -0.352 e. The molecule has 0 aliphatic rings. The van der Waals surface area contributed by atoms with Crippen LogP contribution >= 0.6 is 15.9 Å². The van der Waals surface area contributed by atoms with Crippen molar-refractivity contribution in [2.75, 3.05) is 0 Å². The zero-order chi connectivity index (χ0) is 13.7. The number of benzene rings is 2. The Morgan fingerprint density at radius 3 is 2.53 bits per heavy atom. The van der Waals surface area contributed by atoms with Crippen molar-refractivity contribution < 1.29 is 4.79 Å². The summed E-state index contributed by atoms with van der Waals surface area (Å²) in [6, 6.07) is 16.0. The molecule has 0 saturated carbocycles. The molecule has 0 spiro atoms. The zero-order valence-corrected chi connectivity index (χ0v) is 12.4. The van der Waals surface area contributed by atoms with Crippen molar-refractivity contribution in [2.24, 2.45) is 0 Å². The summed E-state index contributed by atoms with van der Waals surface area (Å²) >= 11 is 3.38. The third kappa shape index (κ3) is 4.52. The fraction of sp³-hybridized carbons (Fsp3) is 0.188. The van der Waals surface area contributed by atoms with Gasteiger partial charge >= 0.3 is 0 Å². The molecule has 19 heavy (non-hydrogen) atoms. The molecular weight excluding hydrogens is 302 g/mol. The molecule has 1 N–H and O–H groups in total. The summed E-state index contributed by atoms with van der Waals surface area (Å²) in [5, 5.41) is 2.94. The third-order valence-electron chi connectivity index (χ3n) is 2.85. The molecule has 98 valence electrons. The molecule has 0 aliphatic heterocycles. The normalized spacial score (nSPS) is 10.2. The predicted molar refractivity (Wildman–Crippen MR) is 80.9 cm³/mol. The van der Waals surface area contributed by atoms with Gasteiger partial charge in [0, 0.05) is 11.0 Å². The van der Waals surface area contributed by atoms with Gasteiger partial charge in [-0.2, -0.15) is 0 Å². The lowest BCUT2D eigenvalue weighted by Gasteiger charge is -2.06. The molecule has 0 unspecified atom stereocenters. The first-order chi connectivity index (χ1) is 9.13. The number of hydrogen-bond acceptors (Lipinski definition) is 1. The highest BCUT2D eigenvalue weighted by atomic mass is 79.9. The highest BCUT2D eigenvalue weighted by Crippen LogP contribution is 2.11. The Balaban J connectivity index is 1.86. The summed E-state index contributed by atoms with van der Waals surface area (Å²) in [6.07, 6.45) is 0.416. The average molecular weight is 318 g/mol. The maximum Gasteiger partial charge on any atom is 0.224 e. The van der Waals surface area contributed by atoms with E-state index in [1.165, 1.54) is 5.56 Å². The maximum absolute atomic E-state index is 11.8. The van der Waals surface area contributed by atoms with Gasteiger partial charge in [-0.25, -0.2) is 0 Å². The number of halogens is 1. The van der Waals surface area contributed by atoms with Crippen molar-refractivity contribution in [1.82, 2.24) is 5.32 Å². The van der Waals surface area contributed by atoms with Crippen molar-refractivity contribution in [3.63, 3.8) is 0 Å². The number of aryl methyl sites for hydroxylation is 1. The Bertz CT molecular complexity index is 563. The quantitative estimate of drug-likeness (QED) is 0.917. The molecule has 2 aromatic rings. The lowest BCUT2D eigenvalue weighted by atomic mass is 10.1. The molecule has 0 saturated heterocycles. The Labute approximate surface area is 122 Å². The Kier molecular flexibility index (Phi) is 4.74. The molecule has 0 radical (unpaired) electrons. The van der Waals surface area contributed by atoms with Gasteiger partial charge in [0.1, 0.15) is 0 Å². The third-order valence-corrected chi connectivity index (χ3v) is 3.38. The molecule has 2 rings (SSSR count). The molecule has 1 amide bonds. The average Bonchev–Trinajstić information content (AvgIpc) is 2.39. The van der Waals surface area contributed by atoms with Crippen molar-refractivity contribution in [2.45, 2.75) is 19.9 Å². The summed E-state index contributed by atoms with van der Waals surface area (Å²) in [7, 11) is 0. The van der Waals surface area contributed by atoms with E-state index in [-0.39, 0.29) is 5.91 Å². The summed E-state index contributed by atoms with van der Waals surface area (Å²) < 4.78 is 1.02. The Morgan fingerprint density at radius 1 is 1.11 bits per heavy atom. The van der Waals surface area contributed by atoms with Crippen LogP contribution in [0.2, 0.25) is 0 Å². The Morgan fingerprint density at radius 2 is 1.84 bits per heavy atom. The predicted octanol–water partition coefficient (Wildman–Crippen LogP) is 3.62. The molecule has 2 nitrogen and oxygen atoms in total. The van der Waals surface area contributed by atoms with Crippen LogP contribution in [0.4, 0.5) is 0 Å². The molecule has 0 aliphatic carbocycles. The molecular formula is C16H16BrNO. The molecule has 0 bridgehead atoms. The monoisotopic (exact) mass is 317 g/mol. The van der Waals surface area contributed by atoms with Gasteiger partial charge in [-0.1, -0.05) is 57.9 Å². The first kappa shape index (κ1) is 13.8. The van der Waals surface area contributed by atoms with Gasteiger partial charge in [0.05, 0.1) is 6.42 Å². The first-order valence-electron chi connectivity index (χ1n) is 6.20. The maximum atomic E-state index is 11.8. The smallest absolute Gasteiger partial charge is 0.224 e. The van der Waals surface area contributed by atoms with Crippen LogP contribution in [0, 0.1) is 6.92 Å². The number of nitrogens with one attached hydrogen (secondary N) is 1. The SMILES string of the molecule is Cc1cccc(CNC(=O)Cc2ccc(Br)cc2)c1. The van der Waals surface area contributed by atoms with Crippen LogP contribution in [0.15, 0.2) is 53.0 Å². The van der Waals surface area contributed by atoms with Gasteiger partial charge in [0.2, 0.25) is 5.91 Å². The largest absolute Gasteiger partial charge is 0.352 e. The molecule has 0 fully saturated rings. The highest BCUT2D eigenvalue weighted by Gasteiger charge is 2.03. The fourth-order valence-corrected chi connectivity index (χ4v) is 2.14. The lowest BCUT2D eigenvalue weighted by Crippen LogP contribution is -2.24. The van der Waals surface area contributed by atoms with Gasteiger partial charge in [-0.3, -0.25) is 4.79 Å². The van der Waals surface area contributed by atoms with E-state index in [4.69, 9.17) is 0 Å².